The van der Waals surface area contributed by atoms with Crippen LogP contribution in [0.1, 0.15) is 28.8 Å². The summed E-state index contributed by atoms with van der Waals surface area (Å²) < 4.78 is 6.55. The molecule has 1 saturated heterocycles. The number of carbonyl (C=O) groups is 2. The second-order valence-electron chi connectivity index (χ2n) is 6.87. The molecule has 1 aliphatic heterocycles. The first kappa shape index (κ1) is 20.4. The number of hydrogen-bond donors (Lipinski definition) is 0. The summed E-state index contributed by atoms with van der Waals surface area (Å²) in [5, 5.41) is 0. The van der Waals surface area contributed by atoms with Crippen LogP contribution in [0.2, 0.25) is 0 Å². The Hall–Kier alpha value is -2.34. The van der Waals surface area contributed by atoms with Crippen LogP contribution in [0.15, 0.2) is 53.0 Å². The van der Waals surface area contributed by atoms with Crippen molar-refractivity contribution in [3.63, 3.8) is 0 Å². The third kappa shape index (κ3) is 5.13. The van der Waals surface area contributed by atoms with Crippen LogP contribution in [0.4, 0.5) is 0 Å². The van der Waals surface area contributed by atoms with Gasteiger partial charge in [0.05, 0.1) is 12.2 Å². The molecule has 0 aromatic heterocycles. The Morgan fingerprint density at radius 3 is 2.32 bits per heavy atom. The van der Waals surface area contributed by atoms with Crippen LogP contribution in [0.3, 0.4) is 0 Å². The monoisotopic (exact) mass is 444 g/mol. The molecular weight excluding hydrogens is 420 g/mol. The van der Waals surface area contributed by atoms with Crippen LogP contribution in [0, 0.1) is 6.92 Å². The molecular formula is C22H25BrN2O3. The molecule has 0 N–H and O–H groups in total. The SMILES string of the molecule is Cc1ccccc1OCCCC(=O)N1CCN(C(=O)c2ccccc2Br)CC1. The van der Waals surface area contributed by atoms with Crippen molar-refractivity contribution >= 4 is 27.7 Å². The molecule has 6 heteroatoms. The molecule has 2 aromatic rings. The third-order valence-electron chi connectivity index (χ3n) is 4.91. The Bertz CT molecular complexity index is 832. The number of nitrogens with zero attached hydrogens (tertiary/aromatic N) is 2. The molecule has 1 fully saturated rings. The summed E-state index contributed by atoms with van der Waals surface area (Å²) in [6.07, 6.45) is 1.15. The molecule has 0 spiro atoms. The van der Waals surface area contributed by atoms with Gasteiger partial charge in [0.1, 0.15) is 5.75 Å². The van der Waals surface area contributed by atoms with Gasteiger partial charge in [-0.2, -0.15) is 0 Å². The van der Waals surface area contributed by atoms with E-state index in [9.17, 15) is 9.59 Å². The molecule has 0 atom stereocenters. The second kappa shape index (κ2) is 9.73. The number of aryl methyl sites for hydroxylation is 1. The molecule has 0 bridgehead atoms. The maximum atomic E-state index is 12.6. The van der Waals surface area contributed by atoms with Crippen LogP contribution in [0.5, 0.6) is 5.75 Å². The predicted molar refractivity (Wildman–Crippen MR) is 113 cm³/mol. The lowest BCUT2D eigenvalue weighted by atomic mass is 10.1. The minimum Gasteiger partial charge on any atom is -0.493 e. The third-order valence-corrected chi connectivity index (χ3v) is 5.60. The van der Waals surface area contributed by atoms with Crippen molar-refractivity contribution in [3.8, 4) is 5.75 Å². The Balaban J connectivity index is 1.41. The van der Waals surface area contributed by atoms with E-state index in [0.717, 1.165) is 15.8 Å². The van der Waals surface area contributed by atoms with Gasteiger partial charge >= 0.3 is 0 Å². The van der Waals surface area contributed by atoms with Crippen molar-refractivity contribution in [2.45, 2.75) is 19.8 Å². The van der Waals surface area contributed by atoms with Crippen molar-refractivity contribution in [1.29, 1.82) is 0 Å². The van der Waals surface area contributed by atoms with Crippen LogP contribution >= 0.6 is 15.9 Å². The van der Waals surface area contributed by atoms with E-state index in [-0.39, 0.29) is 11.8 Å². The number of carbonyl (C=O) groups excluding carboxylic acids is 2. The van der Waals surface area contributed by atoms with Gasteiger partial charge < -0.3 is 14.5 Å². The summed E-state index contributed by atoms with van der Waals surface area (Å²) in [4.78, 5) is 28.7. The molecule has 0 saturated carbocycles. The van der Waals surface area contributed by atoms with Crippen molar-refractivity contribution in [1.82, 2.24) is 9.80 Å². The number of hydrogen-bond acceptors (Lipinski definition) is 3. The van der Waals surface area contributed by atoms with Crippen LogP contribution in [0.25, 0.3) is 0 Å². The lowest BCUT2D eigenvalue weighted by Gasteiger charge is -2.35. The van der Waals surface area contributed by atoms with Gasteiger partial charge in [-0.1, -0.05) is 30.3 Å². The van der Waals surface area contributed by atoms with Crippen molar-refractivity contribution in [2.75, 3.05) is 32.8 Å². The standard InChI is InChI=1S/C22H25BrN2O3/c1-17-7-2-5-10-20(17)28-16-6-11-21(26)24-12-14-25(15-13-24)22(27)18-8-3-4-9-19(18)23/h2-5,7-10H,6,11-16H2,1H3. The Labute approximate surface area is 174 Å². The summed E-state index contributed by atoms with van der Waals surface area (Å²) in [5.41, 5.74) is 1.76. The highest BCUT2D eigenvalue weighted by molar-refractivity contribution is 9.10. The number of rotatable bonds is 6. The molecule has 148 valence electrons. The van der Waals surface area contributed by atoms with E-state index in [1.807, 2.05) is 65.3 Å². The summed E-state index contributed by atoms with van der Waals surface area (Å²) >= 11 is 3.43. The van der Waals surface area contributed by atoms with Gasteiger partial charge in [-0.25, -0.2) is 0 Å². The number of para-hydroxylation sites is 1. The Morgan fingerprint density at radius 2 is 1.61 bits per heavy atom. The van der Waals surface area contributed by atoms with Gasteiger partial charge in [0.15, 0.2) is 0 Å². The quantitative estimate of drug-likeness (QED) is 0.634. The highest BCUT2D eigenvalue weighted by Crippen LogP contribution is 2.19. The summed E-state index contributed by atoms with van der Waals surface area (Å²) in [5.74, 6) is 1.00. The van der Waals surface area contributed by atoms with E-state index in [2.05, 4.69) is 15.9 Å². The highest BCUT2D eigenvalue weighted by Gasteiger charge is 2.25. The largest absolute Gasteiger partial charge is 0.493 e. The molecule has 5 nitrogen and oxygen atoms in total. The molecule has 2 amide bonds. The Kier molecular flexibility index (Phi) is 7.09. The van der Waals surface area contributed by atoms with E-state index in [1.165, 1.54) is 0 Å². The molecule has 1 aliphatic rings. The van der Waals surface area contributed by atoms with Crippen LogP contribution in [-0.4, -0.2) is 54.4 Å². The van der Waals surface area contributed by atoms with Gasteiger partial charge in [-0.15, -0.1) is 0 Å². The van der Waals surface area contributed by atoms with Gasteiger partial charge in [-0.3, -0.25) is 9.59 Å². The second-order valence-corrected chi connectivity index (χ2v) is 7.72. The topological polar surface area (TPSA) is 49.9 Å². The first-order chi connectivity index (χ1) is 13.6. The van der Waals surface area contributed by atoms with Crippen LogP contribution in [-0.2, 0) is 4.79 Å². The van der Waals surface area contributed by atoms with Crippen molar-refractivity contribution < 1.29 is 14.3 Å². The lowest BCUT2D eigenvalue weighted by Crippen LogP contribution is -2.50. The van der Waals surface area contributed by atoms with E-state index >= 15 is 0 Å². The summed E-state index contributed by atoms with van der Waals surface area (Å²) in [7, 11) is 0. The molecule has 28 heavy (non-hydrogen) atoms. The summed E-state index contributed by atoms with van der Waals surface area (Å²) in [6.45, 7) is 4.81. The lowest BCUT2D eigenvalue weighted by molar-refractivity contribution is -0.132. The van der Waals surface area contributed by atoms with Gasteiger partial charge in [0.2, 0.25) is 5.91 Å². The first-order valence-corrected chi connectivity index (χ1v) is 10.4. The Morgan fingerprint density at radius 1 is 0.964 bits per heavy atom. The van der Waals surface area contributed by atoms with Crippen LogP contribution < -0.4 is 4.74 Å². The minimum atomic E-state index is 0.00575. The number of benzene rings is 2. The van der Waals surface area contributed by atoms with Gasteiger partial charge in [0, 0.05) is 37.1 Å². The number of piperazine rings is 1. The zero-order chi connectivity index (χ0) is 19.9. The molecule has 2 aromatic carbocycles. The normalized spacial score (nSPS) is 14.1. The van der Waals surface area contributed by atoms with Gasteiger partial charge in [0.25, 0.3) is 5.91 Å². The average molecular weight is 445 g/mol. The van der Waals surface area contributed by atoms with E-state index in [4.69, 9.17) is 4.74 Å². The smallest absolute Gasteiger partial charge is 0.255 e. The fourth-order valence-corrected chi connectivity index (χ4v) is 3.70. The summed E-state index contributed by atoms with van der Waals surface area (Å²) in [6, 6.07) is 15.3. The van der Waals surface area contributed by atoms with E-state index in [1.54, 1.807) is 0 Å². The fraction of sp³-hybridized carbons (Fsp3) is 0.364. The highest BCUT2D eigenvalue weighted by atomic mass is 79.9. The molecule has 1 heterocycles. The number of amides is 2. The minimum absolute atomic E-state index is 0.00575. The average Bonchev–Trinajstić information content (AvgIpc) is 2.72. The van der Waals surface area contributed by atoms with Crippen molar-refractivity contribution in [2.24, 2.45) is 0 Å². The van der Waals surface area contributed by atoms with E-state index in [0.29, 0.717) is 51.2 Å². The molecule has 3 rings (SSSR count). The van der Waals surface area contributed by atoms with Gasteiger partial charge in [-0.05, 0) is 53.0 Å². The molecule has 0 unspecified atom stereocenters. The number of ether oxygens (including phenoxy) is 1. The fourth-order valence-electron chi connectivity index (χ4n) is 3.25. The zero-order valence-corrected chi connectivity index (χ0v) is 17.7. The van der Waals surface area contributed by atoms with Crippen molar-refractivity contribution in [3.05, 3.63) is 64.1 Å². The molecule has 0 aliphatic carbocycles. The molecule has 0 radical (unpaired) electrons. The van der Waals surface area contributed by atoms with E-state index < -0.39 is 0 Å². The maximum absolute atomic E-state index is 12.6. The number of halogens is 1. The predicted octanol–water partition coefficient (Wildman–Crippen LogP) is 3.90. The first-order valence-electron chi connectivity index (χ1n) is 9.56. The maximum Gasteiger partial charge on any atom is 0.255 e. The zero-order valence-electron chi connectivity index (χ0n) is 16.1.